The number of hydrogen-bond acceptors (Lipinski definition) is 5. The molecule has 8 nitrogen and oxygen atoms in total. The number of carbonyl (C=O) groups is 3. The first kappa shape index (κ1) is 24.7. The highest BCUT2D eigenvalue weighted by molar-refractivity contribution is 6.20. The number of nitrogens with zero attached hydrogens (tertiary/aromatic N) is 2. The van der Waals surface area contributed by atoms with E-state index in [4.69, 9.17) is 0 Å². The second kappa shape index (κ2) is 10.5. The van der Waals surface area contributed by atoms with E-state index in [1.165, 1.54) is 24.0 Å². The van der Waals surface area contributed by atoms with Gasteiger partial charge in [0, 0.05) is 18.2 Å². The quantitative estimate of drug-likeness (QED) is 0.495. The highest BCUT2D eigenvalue weighted by atomic mass is 19.1. The van der Waals surface area contributed by atoms with Crippen LogP contribution in [0.4, 0.5) is 10.1 Å². The van der Waals surface area contributed by atoms with Gasteiger partial charge in [-0.2, -0.15) is 0 Å². The zero-order valence-corrected chi connectivity index (χ0v) is 19.7. The van der Waals surface area contributed by atoms with Crippen LogP contribution in [-0.4, -0.2) is 47.8 Å². The number of rotatable bonds is 6. The van der Waals surface area contributed by atoms with Gasteiger partial charge in [-0.25, -0.2) is 9.38 Å². The van der Waals surface area contributed by atoms with E-state index >= 15 is 0 Å². The van der Waals surface area contributed by atoms with Gasteiger partial charge in [-0.05, 0) is 30.7 Å². The largest absolute Gasteiger partial charge is 0.378 e. The van der Waals surface area contributed by atoms with Crippen LogP contribution in [-0.2, 0) is 14.4 Å². The molecule has 3 N–H and O–H groups in total. The van der Waals surface area contributed by atoms with Crippen LogP contribution in [0.15, 0.2) is 83.9 Å². The first-order valence-corrected chi connectivity index (χ1v) is 11.3. The molecule has 184 valence electrons. The summed E-state index contributed by atoms with van der Waals surface area (Å²) in [6, 6.07) is 20.3. The van der Waals surface area contributed by atoms with Gasteiger partial charge in [-0.1, -0.05) is 60.7 Å². The summed E-state index contributed by atoms with van der Waals surface area (Å²) in [7, 11) is 1.61. The smallest absolute Gasteiger partial charge is 0.272 e. The van der Waals surface area contributed by atoms with Crippen LogP contribution in [0, 0.1) is 5.82 Å². The van der Waals surface area contributed by atoms with Crippen LogP contribution >= 0.6 is 0 Å². The van der Waals surface area contributed by atoms with Gasteiger partial charge in [0.1, 0.15) is 11.9 Å². The summed E-state index contributed by atoms with van der Waals surface area (Å²) in [6.07, 6.45) is -2.84. The molecule has 0 aliphatic carbocycles. The molecule has 36 heavy (non-hydrogen) atoms. The molecule has 0 fully saturated rings. The fourth-order valence-electron chi connectivity index (χ4n) is 3.86. The Balaban J connectivity index is 1.55. The van der Waals surface area contributed by atoms with E-state index in [0.29, 0.717) is 11.4 Å². The van der Waals surface area contributed by atoms with Crippen molar-refractivity contribution in [2.24, 2.45) is 4.99 Å². The van der Waals surface area contributed by atoms with Crippen molar-refractivity contribution in [3.8, 4) is 0 Å². The van der Waals surface area contributed by atoms with Gasteiger partial charge in [0.05, 0.1) is 11.4 Å². The second-order valence-electron chi connectivity index (χ2n) is 8.35. The van der Waals surface area contributed by atoms with Crippen molar-refractivity contribution in [3.63, 3.8) is 0 Å². The molecule has 1 aliphatic heterocycles. The summed E-state index contributed by atoms with van der Waals surface area (Å²) in [5, 5.41) is 15.3. The lowest BCUT2D eigenvalue weighted by Gasteiger charge is -2.22. The zero-order chi connectivity index (χ0) is 25.8. The maximum absolute atomic E-state index is 13.2. The van der Waals surface area contributed by atoms with Gasteiger partial charge in [0.2, 0.25) is 12.1 Å². The molecule has 1 heterocycles. The molecule has 1 unspecified atom stereocenters. The van der Waals surface area contributed by atoms with E-state index in [0.717, 1.165) is 23.3 Å². The summed E-state index contributed by atoms with van der Waals surface area (Å²) in [6.45, 7) is 1.42. The lowest BCUT2D eigenvalue weighted by Crippen LogP contribution is -2.52. The fourth-order valence-corrected chi connectivity index (χ4v) is 3.86. The van der Waals surface area contributed by atoms with Crippen LogP contribution in [0.1, 0.15) is 29.7 Å². The number of aliphatic imine (C=N–C) groups is 1. The normalized spacial score (nSPS) is 16.8. The Kier molecular flexibility index (Phi) is 7.21. The molecular weight excluding hydrogens is 463 g/mol. The van der Waals surface area contributed by atoms with Crippen LogP contribution in [0.2, 0.25) is 0 Å². The molecule has 3 aromatic rings. The standard InChI is InChI=1S/C27H25FN4O4/c1-16(29-26(35)23(33)18-12-14-19(28)15-13-18)25(34)31-24-27(36)32(2)21-11-7-6-10-20(21)22(30-24)17-8-4-3-5-9-17/h3-16,23-24,33H,1-2H3,(H,29,35)(H,31,34)/t16-,23?,24+/m0/s1. The first-order chi connectivity index (χ1) is 17.3. The van der Waals surface area contributed by atoms with Gasteiger partial charge in [-0.3, -0.25) is 14.4 Å². The average Bonchev–Trinajstić information content (AvgIpc) is 2.99. The van der Waals surface area contributed by atoms with Gasteiger partial charge in [-0.15, -0.1) is 0 Å². The Morgan fingerprint density at radius 3 is 2.31 bits per heavy atom. The number of hydrogen-bond donors (Lipinski definition) is 3. The topological polar surface area (TPSA) is 111 Å². The highest BCUT2D eigenvalue weighted by Crippen LogP contribution is 2.27. The summed E-state index contributed by atoms with van der Waals surface area (Å²) < 4.78 is 13.1. The minimum absolute atomic E-state index is 0.178. The molecule has 3 atom stereocenters. The summed E-state index contributed by atoms with van der Waals surface area (Å²) >= 11 is 0. The molecule has 0 spiro atoms. The number of aliphatic hydroxyl groups is 1. The van der Waals surface area contributed by atoms with Crippen LogP contribution in [0.25, 0.3) is 0 Å². The number of para-hydroxylation sites is 1. The Hall–Kier alpha value is -4.37. The van der Waals surface area contributed by atoms with Crippen molar-refractivity contribution in [3.05, 3.63) is 101 Å². The SMILES string of the molecule is C[C@H](NC(=O)C(O)c1ccc(F)cc1)C(=O)N[C@H]1N=C(c2ccccc2)c2ccccc2N(C)C1=O. The molecule has 1 aliphatic rings. The number of likely N-dealkylation sites (N-methyl/N-ethyl adjacent to an activating group) is 1. The molecule has 0 radical (unpaired) electrons. The minimum atomic E-state index is -1.59. The predicted molar refractivity (Wildman–Crippen MR) is 133 cm³/mol. The Bertz CT molecular complexity index is 1310. The lowest BCUT2D eigenvalue weighted by atomic mass is 10.0. The Morgan fingerprint density at radius 1 is 0.972 bits per heavy atom. The molecule has 3 amide bonds. The molecule has 0 bridgehead atoms. The van der Waals surface area contributed by atoms with Gasteiger partial charge in [0.25, 0.3) is 11.8 Å². The number of benzodiazepines with no additional fused rings is 1. The summed E-state index contributed by atoms with van der Waals surface area (Å²) in [5.74, 6) is -2.46. The van der Waals surface area contributed by atoms with Crippen molar-refractivity contribution in [1.29, 1.82) is 0 Å². The second-order valence-corrected chi connectivity index (χ2v) is 8.35. The number of nitrogens with one attached hydrogen (secondary N) is 2. The zero-order valence-electron chi connectivity index (χ0n) is 19.7. The minimum Gasteiger partial charge on any atom is -0.378 e. The third-order valence-corrected chi connectivity index (χ3v) is 5.86. The monoisotopic (exact) mass is 488 g/mol. The number of carbonyl (C=O) groups excluding carboxylic acids is 3. The van der Waals surface area contributed by atoms with E-state index in [2.05, 4.69) is 15.6 Å². The number of fused-ring (bicyclic) bond motifs is 1. The van der Waals surface area contributed by atoms with E-state index in [1.54, 1.807) is 13.1 Å². The molecule has 4 rings (SSSR count). The van der Waals surface area contributed by atoms with Gasteiger partial charge in [0.15, 0.2) is 6.10 Å². The lowest BCUT2D eigenvalue weighted by molar-refractivity contribution is -0.134. The van der Waals surface area contributed by atoms with Crippen molar-refractivity contribution in [1.82, 2.24) is 10.6 Å². The van der Waals surface area contributed by atoms with E-state index < -0.39 is 41.9 Å². The van der Waals surface area contributed by atoms with Crippen molar-refractivity contribution >= 4 is 29.1 Å². The Labute approximate surface area is 207 Å². The van der Waals surface area contributed by atoms with Gasteiger partial charge < -0.3 is 20.6 Å². The maximum Gasteiger partial charge on any atom is 0.272 e. The summed E-state index contributed by atoms with van der Waals surface area (Å²) in [4.78, 5) is 44.7. The van der Waals surface area contributed by atoms with Gasteiger partial charge >= 0.3 is 0 Å². The van der Waals surface area contributed by atoms with Crippen LogP contribution in [0.5, 0.6) is 0 Å². The predicted octanol–water partition coefficient (Wildman–Crippen LogP) is 2.32. The van der Waals surface area contributed by atoms with Crippen LogP contribution < -0.4 is 15.5 Å². The number of benzene rings is 3. The van der Waals surface area contributed by atoms with Crippen molar-refractivity contribution < 1.29 is 23.9 Å². The molecule has 0 aromatic heterocycles. The summed E-state index contributed by atoms with van der Waals surface area (Å²) in [5.41, 5.74) is 2.87. The number of aliphatic hydroxyl groups excluding tert-OH is 1. The highest BCUT2D eigenvalue weighted by Gasteiger charge is 2.32. The number of amides is 3. The molecule has 9 heteroatoms. The molecule has 0 saturated carbocycles. The molecule has 3 aromatic carbocycles. The van der Waals surface area contributed by atoms with E-state index in [-0.39, 0.29) is 5.56 Å². The van der Waals surface area contributed by atoms with E-state index in [1.807, 2.05) is 48.5 Å². The average molecular weight is 489 g/mol. The molecule has 0 saturated heterocycles. The maximum atomic E-state index is 13.2. The number of anilines is 1. The third-order valence-electron chi connectivity index (χ3n) is 5.86. The first-order valence-electron chi connectivity index (χ1n) is 11.3. The fraction of sp³-hybridized carbons (Fsp3) is 0.185. The number of halogens is 1. The van der Waals surface area contributed by atoms with Crippen molar-refractivity contribution in [2.45, 2.75) is 25.2 Å². The Morgan fingerprint density at radius 2 is 1.61 bits per heavy atom. The van der Waals surface area contributed by atoms with Crippen LogP contribution in [0.3, 0.4) is 0 Å². The van der Waals surface area contributed by atoms with Crippen molar-refractivity contribution in [2.75, 3.05) is 11.9 Å². The third kappa shape index (κ3) is 5.16. The van der Waals surface area contributed by atoms with E-state index in [9.17, 15) is 23.9 Å². The molecular formula is C27H25FN4O4.